The molecular formula is C12H17NO. The van der Waals surface area contributed by atoms with Crippen LogP contribution in [0.2, 0.25) is 0 Å². The second-order valence-electron chi connectivity index (χ2n) is 2.87. The van der Waals surface area contributed by atoms with E-state index in [1.54, 1.807) is 7.11 Å². The predicted molar refractivity (Wildman–Crippen MR) is 60.9 cm³/mol. The lowest BCUT2D eigenvalue weighted by molar-refractivity contribution is 0.420. The predicted octanol–water partition coefficient (Wildman–Crippen LogP) is 3.51. The van der Waals surface area contributed by atoms with E-state index >= 15 is 0 Å². The molecule has 0 aliphatic rings. The lowest BCUT2D eigenvalue weighted by Gasteiger charge is -1.99. The van der Waals surface area contributed by atoms with E-state index in [0.717, 1.165) is 22.3 Å². The van der Waals surface area contributed by atoms with Crippen molar-refractivity contribution < 1.29 is 4.74 Å². The van der Waals surface area contributed by atoms with Crippen molar-refractivity contribution in [2.24, 2.45) is 0 Å². The number of nitrogens with one attached hydrogen (secondary N) is 1. The monoisotopic (exact) mass is 191 g/mol. The van der Waals surface area contributed by atoms with Crippen molar-refractivity contribution in [2.45, 2.75) is 20.8 Å². The van der Waals surface area contributed by atoms with E-state index < -0.39 is 0 Å². The van der Waals surface area contributed by atoms with Crippen LogP contribution in [0.25, 0.3) is 10.9 Å². The Balaban J connectivity index is 0.000000461. The summed E-state index contributed by atoms with van der Waals surface area (Å²) in [4.78, 5) is 3.25. The first-order valence-electron chi connectivity index (χ1n) is 4.93. The summed E-state index contributed by atoms with van der Waals surface area (Å²) in [5, 5.41) is 1.15. The van der Waals surface area contributed by atoms with Gasteiger partial charge in [0.25, 0.3) is 0 Å². The summed E-state index contributed by atoms with van der Waals surface area (Å²) in [5.41, 5.74) is 2.29. The Morgan fingerprint density at radius 2 is 1.93 bits per heavy atom. The minimum absolute atomic E-state index is 0.928. The third kappa shape index (κ3) is 1.90. The second-order valence-corrected chi connectivity index (χ2v) is 2.87. The van der Waals surface area contributed by atoms with Crippen LogP contribution in [0.3, 0.4) is 0 Å². The SMILES string of the molecule is CC.COc1cccc2[nH]c(C)cc12. The van der Waals surface area contributed by atoms with Crippen molar-refractivity contribution in [3.05, 3.63) is 30.0 Å². The summed E-state index contributed by atoms with van der Waals surface area (Å²) in [5.74, 6) is 0.928. The summed E-state index contributed by atoms with van der Waals surface area (Å²) in [7, 11) is 1.69. The first kappa shape index (κ1) is 10.6. The zero-order chi connectivity index (χ0) is 10.6. The van der Waals surface area contributed by atoms with Gasteiger partial charge in [-0.05, 0) is 25.1 Å². The average Bonchev–Trinajstić information content (AvgIpc) is 2.60. The Kier molecular flexibility index (Phi) is 3.57. The highest BCUT2D eigenvalue weighted by Crippen LogP contribution is 2.25. The smallest absolute Gasteiger partial charge is 0.128 e. The summed E-state index contributed by atoms with van der Waals surface area (Å²) in [6.07, 6.45) is 0. The molecule has 1 aromatic heterocycles. The topological polar surface area (TPSA) is 25.0 Å². The van der Waals surface area contributed by atoms with E-state index in [4.69, 9.17) is 4.74 Å². The number of benzene rings is 1. The van der Waals surface area contributed by atoms with Gasteiger partial charge in [-0.15, -0.1) is 0 Å². The van der Waals surface area contributed by atoms with E-state index in [2.05, 4.69) is 11.1 Å². The molecule has 1 N–H and O–H groups in total. The number of H-pyrrole nitrogens is 1. The van der Waals surface area contributed by atoms with Gasteiger partial charge < -0.3 is 9.72 Å². The molecule has 0 unspecified atom stereocenters. The summed E-state index contributed by atoms with van der Waals surface area (Å²) < 4.78 is 5.22. The van der Waals surface area contributed by atoms with Crippen LogP contribution in [-0.4, -0.2) is 12.1 Å². The fourth-order valence-corrected chi connectivity index (χ4v) is 1.44. The first-order valence-corrected chi connectivity index (χ1v) is 4.93. The minimum atomic E-state index is 0.928. The van der Waals surface area contributed by atoms with Crippen molar-refractivity contribution in [3.63, 3.8) is 0 Å². The van der Waals surface area contributed by atoms with E-state index in [9.17, 15) is 0 Å². The molecule has 0 saturated carbocycles. The maximum Gasteiger partial charge on any atom is 0.128 e. The van der Waals surface area contributed by atoms with Gasteiger partial charge in [-0.1, -0.05) is 19.9 Å². The standard InChI is InChI=1S/C10H11NO.C2H6/c1-7-6-8-9(11-7)4-3-5-10(8)12-2;1-2/h3-6,11H,1-2H3;1-2H3. The van der Waals surface area contributed by atoms with Crippen LogP contribution in [0.15, 0.2) is 24.3 Å². The Hall–Kier alpha value is -1.44. The maximum atomic E-state index is 5.22. The summed E-state index contributed by atoms with van der Waals surface area (Å²) >= 11 is 0. The highest BCUT2D eigenvalue weighted by molar-refractivity contribution is 5.86. The molecule has 1 aromatic carbocycles. The lowest BCUT2D eigenvalue weighted by Crippen LogP contribution is -1.81. The highest BCUT2D eigenvalue weighted by atomic mass is 16.5. The minimum Gasteiger partial charge on any atom is -0.496 e. The number of ether oxygens (including phenoxy) is 1. The molecule has 0 radical (unpaired) electrons. The Bertz CT molecular complexity index is 404. The normalized spacial score (nSPS) is 9.43. The Labute approximate surface area is 84.9 Å². The molecule has 2 heteroatoms. The van der Waals surface area contributed by atoms with E-state index in [1.165, 1.54) is 0 Å². The van der Waals surface area contributed by atoms with Gasteiger partial charge in [-0.3, -0.25) is 0 Å². The average molecular weight is 191 g/mol. The molecule has 0 aliphatic heterocycles. The van der Waals surface area contributed by atoms with Crippen LogP contribution in [0.1, 0.15) is 19.5 Å². The number of aromatic nitrogens is 1. The molecule has 0 atom stereocenters. The summed E-state index contributed by atoms with van der Waals surface area (Å²) in [6.45, 7) is 6.04. The molecule has 0 aliphatic carbocycles. The van der Waals surface area contributed by atoms with Crippen molar-refractivity contribution in [1.82, 2.24) is 4.98 Å². The van der Waals surface area contributed by atoms with Gasteiger partial charge in [0.2, 0.25) is 0 Å². The van der Waals surface area contributed by atoms with Crippen LogP contribution in [0.4, 0.5) is 0 Å². The Morgan fingerprint density at radius 1 is 1.21 bits per heavy atom. The fourth-order valence-electron chi connectivity index (χ4n) is 1.44. The number of aromatic amines is 1. The van der Waals surface area contributed by atoms with Crippen LogP contribution in [0, 0.1) is 6.92 Å². The molecule has 0 spiro atoms. The third-order valence-corrected chi connectivity index (χ3v) is 1.98. The van der Waals surface area contributed by atoms with Gasteiger partial charge in [0, 0.05) is 16.6 Å². The molecule has 2 rings (SSSR count). The van der Waals surface area contributed by atoms with Crippen molar-refractivity contribution in [2.75, 3.05) is 7.11 Å². The molecule has 1 heterocycles. The van der Waals surface area contributed by atoms with Crippen molar-refractivity contribution >= 4 is 10.9 Å². The molecule has 0 bridgehead atoms. The zero-order valence-electron chi connectivity index (χ0n) is 9.22. The van der Waals surface area contributed by atoms with Gasteiger partial charge >= 0.3 is 0 Å². The number of aryl methyl sites for hydroxylation is 1. The number of methoxy groups -OCH3 is 1. The van der Waals surface area contributed by atoms with E-state index in [1.807, 2.05) is 39.0 Å². The maximum absolute atomic E-state index is 5.22. The zero-order valence-corrected chi connectivity index (χ0v) is 9.22. The van der Waals surface area contributed by atoms with Crippen LogP contribution in [0.5, 0.6) is 5.75 Å². The van der Waals surface area contributed by atoms with Gasteiger partial charge in [-0.25, -0.2) is 0 Å². The van der Waals surface area contributed by atoms with E-state index in [0.29, 0.717) is 0 Å². The van der Waals surface area contributed by atoms with Crippen LogP contribution >= 0.6 is 0 Å². The highest BCUT2D eigenvalue weighted by Gasteiger charge is 2.01. The van der Waals surface area contributed by atoms with E-state index in [-0.39, 0.29) is 0 Å². The van der Waals surface area contributed by atoms with Crippen molar-refractivity contribution in [3.8, 4) is 5.75 Å². The first-order chi connectivity index (χ1) is 6.81. The molecule has 2 aromatic rings. The quantitative estimate of drug-likeness (QED) is 0.733. The van der Waals surface area contributed by atoms with Gasteiger partial charge in [0.1, 0.15) is 5.75 Å². The van der Waals surface area contributed by atoms with Crippen LogP contribution in [-0.2, 0) is 0 Å². The van der Waals surface area contributed by atoms with Gasteiger partial charge in [0.15, 0.2) is 0 Å². The lowest BCUT2D eigenvalue weighted by atomic mass is 10.2. The third-order valence-electron chi connectivity index (χ3n) is 1.98. The van der Waals surface area contributed by atoms with Crippen molar-refractivity contribution in [1.29, 1.82) is 0 Å². The number of fused-ring (bicyclic) bond motifs is 1. The number of hydrogen-bond acceptors (Lipinski definition) is 1. The molecule has 76 valence electrons. The van der Waals surface area contributed by atoms with Crippen LogP contribution < -0.4 is 4.74 Å². The summed E-state index contributed by atoms with van der Waals surface area (Å²) in [6, 6.07) is 8.09. The molecular weight excluding hydrogens is 174 g/mol. The number of rotatable bonds is 1. The molecule has 2 nitrogen and oxygen atoms in total. The fraction of sp³-hybridized carbons (Fsp3) is 0.333. The molecule has 0 saturated heterocycles. The number of hydrogen-bond donors (Lipinski definition) is 1. The van der Waals surface area contributed by atoms with Gasteiger partial charge in [-0.2, -0.15) is 0 Å². The Morgan fingerprint density at radius 3 is 2.57 bits per heavy atom. The molecule has 0 amide bonds. The van der Waals surface area contributed by atoms with Gasteiger partial charge in [0.05, 0.1) is 7.11 Å². The molecule has 14 heavy (non-hydrogen) atoms. The second kappa shape index (κ2) is 4.70. The molecule has 0 fully saturated rings. The largest absolute Gasteiger partial charge is 0.496 e.